The van der Waals surface area contributed by atoms with E-state index in [0.29, 0.717) is 13.2 Å². The van der Waals surface area contributed by atoms with Crippen molar-refractivity contribution in [2.45, 2.75) is 4.90 Å². The van der Waals surface area contributed by atoms with Crippen LogP contribution in [0.25, 0.3) is 0 Å². The monoisotopic (exact) mass is 391 g/mol. The third-order valence-electron chi connectivity index (χ3n) is 3.66. The van der Waals surface area contributed by atoms with E-state index < -0.39 is 26.0 Å². The van der Waals surface area contributed by atoms with E-state index in [1.807, 2.05) is 0 Å². The lowest BCUT2D eigenvalue weighted by Crippen LogP contribution is -2.40. The summed E-state index contributed by atoms with van der Waals surface area (Å²) in [6.07, 6.45) is 0.996. The smallest absolute Gasteiger partial charge is 0.243 e. The van der Waals surface area contributed by atoms with Crippen LogP contribution in [-0.4, -0.2) is 77.5 Å². The van der Waals surface area contributed by atoms with E-state index in [0.717, 1.165) is 10.6 Å². The number of hydrogen-bond donors (Lipinski definition) is 1. The van der Waals surface area contributed by atoms with Gasteiger partial charge in [0.1, 0.15) is 0 Å². The van der Waals surface area contributed by atoms with Gasteiger partial charge in [-0.15, -0.1) is 0 Å². The number of amides is 1. The second kappa shape index (κ2) is 7.79. The number of sulfonamides is 2. The highest BCUT2D eigenvalue weighted by Crippen LogP contribution is 2.20. The summed E-state index contributed by atoms with van der Waals surface area (Å²) >= 11 is 0. The van der Waals surface area contributed by atoms with Crippen molar-refractivity contribution < 1.29 is 26.4 Å². The first-order chi connectivity index (χ1) is 11.6. The van der Waals surface area contributed by atoms with Crippen molar-refractivity contribution in [1.82, 2.24) is 8.61 Å². The summed E-state index contributed by atoms with van der Waals surface area (Å²) in [5.41, 5.74) is 0.279. The van der Waals surface area contributed by atoms with Gasteiger partial charge in [-0.05, 0) is 18.2 Å². The molecule has 0 unspecified atom stereocenters. The lowest BCUT2D eigenvalue weighted by atomic mass is 10.3. The van der Waals surface area contributed by atoms with E-state index in [9.17, 15) is 21.6 Å². The number of anilines is 1. The molecule has 1 saturated heterocycles. The predicted octanol–water partition coefficient (Wildman–Crippen LogP) is -0.463. The van der Waals surface area contributed by atoms with Gasteiger partial charge in [-0.1, -0.05) is 6.07 Å². The fraction of sp³-hybridized carbons (Fsp3) is 0.500. The molecule has 9 nitrogen and oxygen atoms in total. The Morgan fingerprint density at radius 2 is 1.88 bits per heavy atom. The molecule has 0 saturated carbocycles. The van der Waals surface area contributed by atoms with Gasteiger partial charge < -0.3 is 10.1 Å². The zero-order chi connectivity index (χ0) is 18.7. The highest BCUT2D eigenvalue weighted by molar-refractivity contribution is 7.89. The SMILES string of the molecule is CN(CC(=O)Nc1cccc(S(=O)(=O)N2CCOCC2)c1)S(C)(=O)=O. The molecule has 1 amide bonds. The first-order valence-corrected chi connectivity index (χ1v) is 10.8. The first kappa shape index (κ1) is 19.8. The molecule has 0 bridgehead atoms. The Morgan fingerprint density at radius 3 is 2.48 bits per heavy atom. The van der Waals surface area contributed by atoms with Gasteiger partial charge in [0.15, 0.2) is 0 Å². The number of rotatable bonds is 6. The quantitative estimate of drug-likeness (QED) is 0.702. The molecule has 1 N–H and O–H groups in total. The molecule has 11 heteroatoms. The topological polar surface area (TPSA) is 113 Å². The zero-order valence-electron chi connectivity index (χ0n) is 14.0. The predicted molar refractivity (Wildman–Crippen MR) is 92.1 cm³/mol. The molecule has 0 radical (unpaired) electrons. The van der Waals surface area contributed by atoms with E-state index in [2.05, 4.69) is 5.32 Å². The summed E-state index contributed by atoms with van der Waals surface area (Å²) in [4.78, 5) is 12.0. The van der Waals surface area contributed by atoms with Crippen LogP contribution in [0.15, 0.2) is 29.2 Å². The molecule has 0 spiro atoms. The number of carbonyl (C=O) groups is 1. The van der Waals surface area contributed by atoms with E-state index in [-0.39, 0.29) is 30.2 Å². The average molecular weight is 391 g/mol. The maximum absolute atomic E-state index is 12.6. The largest absolute Gasteiger partial charge is 0.379 e. The summed E-state index contributed by atoms with van der Waals surface area (Å²) in [6.45, 7) is 0.871. The summed E-state index contributed by atoms with van der Waals surface area (Å²) in [5, 5.41) is 2.51. The molecule has 0 atom stereocenters. The summed E-state index contributed by atoms with van der Waals surface area (Å²) in [6, 6.07) is 5.85. The molecule has 25 heavy (non-hydrogen) atoms. The van der Waals surface area contributed by atoms with Crippen LogP contribution in [0.3, 0.4) is 0 Å². The lowest BCUT2D eigenvalue weighted by molar-refractivity contribution is -0.116. The van der Waals surface area contributed by atoms with Crippen molar-refractivity contribution in [2.24, 2.45) is 0 Å². The van der Waals surface area contributed by atoms with E-state index in [1.165, 1.54) is 35.6 Å². The van der Waals surface area contributed by atoms with Crippen LogP contribution in [0.2, 0.25) is 0 Å². The Labute approximate surface area is 147 Å². The number of hydrogen-bond acceptors (Lipinski definition) is 6. The molecule has 140 valence electrons. The molecule has 1 fully saturated rings. The molecule has 0 aromatic heterocycles. The second-order valence-electron chi connectivity index (χ2n) is 5.61. The Morgan fingerprint density at radius 1 is 1.24 bits per heavy atom. The van der Waals surface area contributed by atoms with Crippen LogP contribution in [-0.2, 0) is 29.6 Å². The number of morpholine rings is 1. The lowest BCUT2D eigenvalue weighted by Gasteiger charge is -2.26. The van der Waals surface area contributed by atoms with Crippen molar-refractivity contribution in [3.05, 3.63) is 24.3 Å². The Kier molecular flexibility index (Phi) is 6.16. The highest BCUT2D eigenvalue weighted by atomic mass is 32.2. The van der Waals surface area contributed by atoms with Gasteiger partial charge in [0.25, 0.3) is 0 Å². The van der Waals surface area contributed by atoms with Crippen LogP contribution < -0.4 is 5.32 Å². The van der Waals surface area contributed by atoms with Gasteiger partial charge >= 0.3 is 0 Å². The number of nitrogens with zero attached hydrogens (tertiary/aromatic N) is 2. The highest BCUT2D eigenvalue weighted by Gasteiger charge is 2.26. The molecule has 1 aliphatic heterocycles. The van der Waals surface area contributed by atoms with Crippen LogP contribution in [0.5, 0.6) is 0 Å². The van der Waals surface area contributed by atoms with Crippen LogP contribution in [0.4, 0.5) is 5.69 Å². The number of carbonyl (C=O) groups excluding carboxylic acids is 1. The van der Waals surface area contributed by atoms with Gasteiger partial charge in [0.05, 0.1) is 30.9 Å². The number of nitrogens with one attached hydrogen (secondary N) is 1. The summed E-state index contributed by atoms with van der Waals surface area (Å²) in [7, 11) is -5.86. The molecule has 1 aromatic carbocycles. The van der Waals surface area contributed by atoms with Crippen LogP contribution in [0, 0.1) is 0 Å². The fourth-order valence-corrected chi connectivity index (χ4v) is 4.00. The first-order valence-electron chi connectivity index (χ1n) is 7.50. The minimum atomic E-state index is -3.67. The molecule has 2 rings (SSSR count). The van der Waals surface area contributed by atoms with Gasteiger partial charge in [-0.2, -0.15) is 8.61 Å². The summed E-state index contributed by atoms with van der Waals surface area (Å²) < 4.78 is 55.3. The summed E-state index contributed by atoms with van der Waals surface area (Å²) in [5.74, 6) is -0.561. The van der Waals surface area contributed by atoms with Gasteiger partial charge in [-0.25, -0.2) is 16.8 Å². The minimum Gasteiger partial charge on any atom is -0.379 e. The van der Waals surface area contributed by atoms with Crippen LogP contribution >= 0.6 is 0 Å². The van der Waals surface area contributed by atoms with Crippen molar-refractivity contribution in [2.75, 3.05) is 51.5 Å². The Balaban J connectivity index is 2.12. The third kappa shape index (κ3) is 5.22. The van der Waals surface area contributed by atoms with E-state index >= 15 is 0 Å². The molecule has 1 heterocycles. The molecule has 1 aromatic rings. The minimum absolute atomic E-state index is 0.0590. The van der Waals surface area contributed by atoms with Crippen molar-refractivity contribution in [3.63, 3.8) is 0 Å². The maximum atomic E-state index is 12.6. The van der Waals surface area contributed by atoms with Crippen molar-refractivity contribution >= 4 is 31.6 Å². The normalized spacial score (nSPS) is 16.8. The van der Waals surface area contributed by atoms with Crippen LogP contribution in [0.1, 0.15) is 0 Å². The van der Waals surface area contributed by atoms with Gasteiger partial charge in [-0.3, -0.25) is 4.79 Å². The molecule has 1 aliphatic rings. The number of likely N-dealkylation sites (N-methyl/N-ethyl adjacent to an activating group) is 1. The second-order valence-corrected chi connectivity index (χ2v) is 9.64. The fourth-order valence-electron chi connectivity index (χ4n) is 2.19. The maximum Gasteiger partial charge on any atom is 0.243 e. The van der Waals surface area contributed by atoms with Gasteiger partial charge in [0.2, 0.25) is 26.0 Å². The Bertz CT molecular complexity index is 832. The zero-order valence-corrected chi connectivity index (χ0v) is 15.6. The van der Waals surface area contributed by atoms with Crippen molar-refractivity contribution in [3.8, 4) is 0 Å². The van der Waals surface area contributed by atoms with E-state index in [4.69, 9.17) is 4.74 Å². The standard InChI is InChI=1S/C14H21N3O6S2/c1-16(24(2,19)20)11-14(18)15-12-4-3-5-13(10-12)25(21,22)17-6-8-23-9-7-17/h3-5,10H,6-9,11H2,1-2H3,(H,15,18). The molecule has 0 aliphatic carbocycles. The third-order valence-corrected chi connectivity index (χ3v) is 6.81. The molecular weight excluding hydrogens is 370 g/mol. The number of benzene rings is 1. The molecular formula is C14H21N3O6S2. The Hall–Kier alpha value is -1.53. The van der Waals surface area contributed by atoms with E-state index in [1.54, 1.807) is 0 Å². The van der Waals surface area contributed by atoms with Crippen molar-refractivity contribution in [1.29, 1.82) is 0 Å². The van der Waals surface area contributed by atoms with Gasteiger partial charge in [0, 0.05) is 25.8 Å². The average Bonchev–Trinajstić information content (AvgIpc) is 2.55. The number of ether oxygens (including phenoxy) is 1.